The third-order valence-corrected chi connectivity index (χ3v) is 2.59. The quantitative estimate of drug-likeness (QED) is 0.774. The Hall–Kier alpha value is -1.40. The van der Waals surface area contributed by atoms with E-state index in [1.54, 1.807) is 4.68 Å². The standard InChI is InChI=1S/C9H12N6.ClH/c1-14-6-7(4-11-14)9-13-12-8-5-10-2-3-15(8)9;/h4,6,10H,2-3,5H2,1H3;1H. The van der Waals surface area contributed by atoms with Crippen molar-refractivity contribution in [2.24, 2.45) is 7.05 Å². The second kappa shape index (κ2) is 4.23. The second-order valence-corrected chi connectivity index (χ2v) is 3.67. The Labute approximate surface area is 99.1 Å². The lowest BCUT2D eigenvalue weighted by Crippen LogP contribution is -2.28. The Bertz CT molecular complexity index is 488. The highest BCUT2D eigenvalue weighted by Crippen LogP contribution is 2.18. The van der Waals surface area contributed by atoms with Gasteiger partial charge in [0.15, 0.2) is 5.82 Å². The molecule has 0 atom stereocenters. The third-order valence-electron chi connectivity index (χ3n) is 2.59. The van der Waals surface area contributed by atoms with E-state index in [1.807, 2.05) is 19.4 Å². The summed E-state index contributed by atoms with van der Waals surface area (Å²) in [6, 6.07) is 0. The lowest BCUT2D eigenvalue weighted by atomic mass is 10.3. The van der Waals surface area contributed by atoms with Gasteiger partial charge in [0.1, 0.15) is 5.82 Å². The van der Waals surface area contributed by atoms with E-state index in [2.05, 4.69) is 25.2 Å². The fourth-order valence-corrected chi connectivity index (χ4v) is 1.84. The van der Waals surface area contributed by atoms with Gasteiger partial charge in [0.2, 0.25) is 0 Å². The number of hydrogen-bond acceptors (Lipinski definition) is 4. The molecule has 0 spiro atoms. The zero-order chi connectivity index (χ0) is 10.3. The van der Waals surface area contributed by atoms with Crippen LogP contribution in [0.25, 0.3) is 11.4 Å². The molecule has 0 saturated heterocycles. The number of nitrogens with one attached hydrogen (secondary N) is 1. The van der Waals surface area contributed by atoms with E-state index in [1.165, 1.54) is 0 Å². The molecule has 86 valence electrons. The fraction of sp³-hybridized carbons (Fsp3) is 0.444. The molecule has 3 heterocycles. The van der Waals surface area contributed by atoms with Gasteiger partial charge in [-0.05, 0) is 0 Å². The van der Waals surface area contributed by atoms with Crippen molar-refractivity contribution in [3.8, 4) is 11.4 Å². The Kier molecular flexibility index (Phi) is 2.93. The van der Waals surface area contributed by atoms with Crippen molar-refractivity contribution in [2.75, 3.05) is 6.54 Å². The molecule has 3 rings (SSSR count). The van der Waals surface area contributed by atoms with Crippen LogP contribution in [-0.2, 0) is 20.1 Å². The minimum atomic E-state index is 0. The molecule has 0 bridgehead atoms. The van der Waals surface area contributed by atoms with Crippen LogP contribution >= 0.6 is 12.4 Å². The van der Waals surface area contributed by atoms with Crippen molar-refractivity contribution in [1.29, 1.82) is 0 Å². The topological polar surface area (TPSA) is 60.6 Å². The monoisotopic (exact) mass is 240 g/mol. The number of rotatable bonds is 1. The second-order valence-electron chi connectivity index (χ2n) is 3.67. The number of halogens is 1. The Morgan fingerprint density at radius 1 is 1.38 bits per heavy atom. The summed E-state index contributed by atoms with van der Waals surface area (Å²) >= 11 is 0. The highest BCUT2D eigenvalue weighted by atomic mass is 35.5. The van der Waals surface area contributed by atoms with E-state index in [9.17, 15) is 0 Å². The third kappa shape index (κ3) is 1.70. The predicted octanol–water partition coefficient (Wildman–Crippen LogP) is 0.204. The molecular weight excluding hydrogens is 228 g/mol. The van der Waals surface area contributed by atoms with Crippen molar-refractivity contribution >= 4 is 12.4 Å². The summed E-state index contributed by atoms with van der Waals surface area (Å²) in [5.41, 5.74) is 1.03. The number of aryl methyl sites for hydroxylation is 1. The van der Waals surface area contributed by atoms with Gasteiger partial charge in [0.25, 0.3) is 0 Å². The zero-order valence-electron chi connectivity index (χ0n) is 8.92. The van der Waals surface area contributed by atoms with Crippen LogP contribution in [0.2, 0.25) is 0 Å². The molecule has 2 aromatic rings. The van der Waals surface area contributed by atoms with Gasteiger partial charge in [-0.1, -0.05) is 0 Å². The maximum absolute atomic E-state index is 4.20. The average Bonchev–Trinajstić information content (AvgIpc) is 2.83. The van der Waals surface area contributed by atoms with Gasteiger partial charge in [0, 0.05) is 26.3 Å². The molecule has 16 heavy (non-hydrogen) atoms. The van der Waals surface area contributed by atoms with E-state index in [-0.39, 0.29) is 12.4 Å². The molecule has 0 unspecified atom stereocenters. The van der Waals surface area contributed by atoms with Gasteiger partial charge in [-0.3, -0.25) is 4.68 Å². The first kappa shape index (κ1) is 11.1. The first-order chi connectivity index (χ1) is 7.34. The minimum absolute atomic E-state index is 0. The molecule has 1 aliphatic heterocycles. The van der Waals surface area contributed by atoms with Crippen molar-refractivity contribution in [1.82, 2.24) is 29.9 Å². The van der Waals surface area contributed by atoms with Crippen LogP contribution in [0.1, 0.15) is 5.82 Å². The summed E-state index contributed by atoms with van der Waals surface area (Å²) in [5, 5.41) is 15.8. The summed E-state index contributed by atoms with van der Waals surface area (Å²) in [5.74, 6) is 1.92. The average molecular weight is 241 g/mol. The highest BCUT2D eigenvalue weighted by molar-refractivity contribution is 5.85. The summed E-state index contributed by atoms with van der Waals surface area (Å²) in [7, 11) is 1.90. The smallest absolute Gasteiger partial charge is 0.167 e. The first-order valence-corrected chi connectivity index (χ1v) is 4.96. The van der Waals surface area contributed by atoms with Crippen LogP contribution in [0.15, 0.2) is 12.4 Å². The van der Waals surface area contributed by atoms with Crippen LogP contribution in [0, 0.1) is 0 Å². The molecule has 2 aromatic heterocycles. The van der Waals surface area contributed by atoms with E-state index in [0.717, 1.165) is 36.8 Å². The number of aromatic nitrogens is 5. The van der Waals surface area contributed by atoms with Gasteiger partial charge in [-0.15, -0.1) is 22.6 Å². The van der Waals surface area contributed by atoms with Crippen LogP contribution < -0.4 is 5.32 Å². The van der Waals surface area contributed by atoms with E-state index >= 15 is 0 Å². The van der Waals surface area contributed by atoms with Crippen molar-refractivity contribution in [3.63, 3.8) is 0 Å². The normalized spacial score (nSPS) is 14.3. The summed E-state index contributed by atoms with van der Waals surface area (Å²) in [6.45, 7) is 2.69. The van der Waals surface area contributed by atoms with Crippen LogP contribution in [0.3, 0.4) is 0 Å². The van der Waals surface area contributed by atoms with Crippen molar-refractivity contribution in [2.45, 2.75) is 13.1 Å². The Morgan fingerprint density at radius 3 is 3.00 bits per heavy atom. The molecule has 0 radical (unpaired) electrons. The predicted molar refractivity (Wildman–Crippen MR) is 61.2 cm³/mol. The molecule has 0 fully saturated rings. The van der Waals surface area contributed by atoms with Crippen LogP contribution in [-0.4, -0.2) is 31.1 Å². The Balaban J connectivity index is 0.000000963. The number of fused-ring (bicyclic) bond motifs is 1. The van der Waals surface area contributed by atoms with E-state index in [4.69, 9.17) is 0 Å². The van der Waals surface area contributed by atoms with Crippen LogP contribution in [0.4, 0.5) is 0 Å². The highest BCUT2D eigenvalue weighted by Gasteiger charge is 2.17. The summed E-state index contributed by atoms with van der Waals surface area (Å²) in [6.07, 6.45) is 3.78. The number of hydrogen-bond donors (Lipinski definition) is 1. The number of nitrogens with zero attached hydrogens (tertiary/aromatic N) is 5. The van der Waals surface area contributed by atoms with Gasteiger partial charge in [0.05, 0.1) is 18.3 Å². The Morgan fingerprint density at radius 2 is 2.25 bits per heavy atom. The lowest BCUT2D eigenvalue weighted by molar-refractivity contribution is 0.508. The van der Waals surface area contributed by atoms with Gasteiger partial charge in [-0.2, -0.15) is 5.10 Å². The largest absolute Gasteiger partial charge is 0.309 e. The maximum Gasteiger partial charge on any atom is 0.167 e. The van der Waals surface area contributed by atoms with Gasteiger partial charge >= 0.3 is 0 Å². The SMILES string of the molecule is Cl.Cn1cc(-c2nnc3n2CCNC3)cn1. The molecule has 6 nitrogen and oxygen atoms in total. The fourth-order valence-electron chi connectivity index (χ4n) is 1.84. The molecule has 0 saturated carbocycles. The maximum atomic E-state index is 4.20. The molecule has 1 aliphatic rings. The zero-order valence-corrected chi connectivity index (χ0v) is 9.74. The molecule has 0 aromatic carbocycles. The summed E-state index contributed by atoms with van der Waals surface area (Å²) in [4.78, 5) is 0. The van der Waals surface area contributed by atoms with Crippen molar-refractivity contribution in [3.05, 3.63) is 18.2 Å². The summed E-state index contributed by atoms with van der Waals surface area (Å²) < 4.78 is 3.92. The minimum Gasteiger partial charge on any atom is -0.309 e. The molecule has 0 amide bonds. The van der Waals surface area contributed by atoms with Crippen LogP contribution in [0.5, 0.6) is 0 Å². The molecule has 1 N–H and O–H groups in total. The van der Waals surface area contributed by atoms with Crippen molar-refractivity contribution < 1.29 is 0 Å². The van der Waals surface area contributed by atoms with E-state index in [0.29, 0.717) is 0 Å². The molecule has 0 aliphatic carbocycles. The van der Waals surface area contributed by atoms with Gasteiger partial charge in [-0.25, -0.2) is 0 Å². The van der Waals surface area contributed by atoms with E-state index < -0.39 is 0 Å². The molecule has 7 heteroatoms. The first-order valence-electron chi connectivity index (χ1n) is 4.96. The molecular formula is C9H13ClN6. The lowest BCUT2D eigenvalue weighted by Gasteiger charge is -2.15. The van der Waals surface area contributed by atoms with Gasteiger partial charge < -0.3 is 9.88 Å².